The van der Waals surface area contributed by atoms with Crippen molar-refractivity contribution in [3.8, 4) is 11.3 Å². The number of nitrogens with zero attached hydrogens (tertiary/aromatic N) is 2. The zero-order valence-electron chi connectivity index (χ0n) is 17.0. The summed E-state index contributed by atoms with van der Waals surface area (Å²) in [6.45, 7) is 2.67. The highest BCUT2D eigenvalue weighted by Gasteiger charge is 2.10. The summed E-state index contributed by atoms with van der Waals surface area (Å²) in [7, 11) is 0. The molecular formula is C22H22N4O4S. The summed E-state index contributed by atoms with van der Waals surface area (Å²) in [6.07, 6.45) is 0.859. The lowest BCUT2D eigenvalue weighted by atomic mass is 10.1. The standard InChI is InChI=1S/C22H22N4O4S/c1-15-25-20(14-31-15)17-4-2-16(3-5-17)10-12-23-21(27)11-13-24-22(28)18-6-8-19(9-7-18)26(29)30/h2-9,14H,10-13H2,1H3,(H,23,27)(H,24,28). The summed E-state index contributed by atoms with van der Waals surface area (Å²) in [5, 5.41) is 19.2. The first-order valence-corrected chi connectivity index (χ1v) is 10.6. The summed E-state index contributed by atoms with van der Waals surface area (Å²) >= 11 is 1.62. The van der Waals surface area contributed by atoms with Gasteiger partial charge in [-0.3, -0.25) is 19.7 Å². The number of nitrogens with one attached hydrogen (secondary N) is 2. The summed E-state index contributed by atoms with van der Waals surface area (Å²) in [5.41, 5.74) is 3.38. The zero-order chi connectivity index (χ0) is 22.2. The molecule has 0 aliphatic heterocycles. The van der Waals surface area contributed by atoms with Crippen LogP contribution in [0.15, 0.2) is 53.9 Å². The highest BCUT2D eigenvalue weighted by Crippen LogP contribution is 2.21. The van der Waals surface area contributed by atoms with E-state index in [1.54, 1.807) is 11.3 Å². The predicted molar refractivity (Wildman–Crippen MR) is 119 cm³/mol. The molecule has 0 atom stereocenters. The van der Waals surface area contributed by atoms with Gasteiger partial charge in [0.2, 0.25) is 5.91 Å². The second-order valence-electron chi connectivity index (χ2n) is 6.86. The molecule has 160 valence electrons. The van der Waals surface area contributed by atoms with Crippen LogP contribution in [0.2, 0.25) is 0 Å². The normalized spacial score (nSPS) is 10.5. The molecule has 0 spiro atoms. The van der Waals surface area contributed by atoms with Crippen LogP contribution in [-0.2, 0) is 11.2 Å². The number of carbonyl (C=O) groups excluding carboxylic acids is 2. The molecule has 1 heterocycles. The molecule has 2 amide bonds. The summed E-state index contributed by atoms with van der Waals surface area (Å²) in [6, 6.07) is 13.4. The molecule has 0 saturated carbocycles. The van der Waals surface area contributed by atoms with Crippen molar-refractivity contribution < 1.29 is 14.5 Å². The smallest absolute Gasteiger partial charge is 0.269 e. The lowest BCUT2D eigenvalue weighted by Crippen LogP contribution is -2.31. The monoisotopic (exact) mass is 438 g/mol. The molecule has 1 aromatic heterocycles. The van der Waals surface area contributed by atoms with Gasteiger partial charge in [0.05, 0.1) is 15.6 Å². The van der Waals surface area contributed by atoms with E-state index < -0.39 is 4.92 Å². The number of carbonyl (C=O) groups is 2. The highest BCUT2D eigenvalue weighted by atomic mass is 32.1. The number of nitro benzene ring substituents is 1. The minimum Gasteiger partial charge on any atom is -0.356 e. The minimum absolute atomic E-state index is 0.0798. The second-order valence-corrected chi connectivity index (χ2v) is 7.92. The average Bonchev–Trinajstić information content (AvgIpc) is 3.20. The van der Waals surface area contributed by atoms with Gasteiger partial charge in [-0.05, 0) is 31.0 Å². The Balaban J connectivity index is 1.35. The molecule has 0 saturated heterocycles. The van der Waals surface area contributed by atoms with Crippen molar-refractivity contribution in [2.45, 2.75) is 19.8 Å². The molecule has 0 radical (unpaired) electrons. The van der Waals surface area contributed by atoms with Crippen molar-refractivity contribution >= 4 is 28.8 Å². The first-order valence-electron chi connectivity index (χ1n) is 9.73. The van der Waals surface area contributed by atoms with Gasteiger partial charge in [-0.15, -0.1) is 11.3 Å². The first-order chi connectivity index (χ1) is 14.9. The molecule has 31 heavy (non-hydrogen) atoms. The van der Waals surface area contributed by atoms with E-state index >= 15 is 0 Å². The van der Waals surface area contributed by atoms with Gasteiger partial charge in [0, 0.05) is 48.2 Å². The number of amides is 2. The number of benzene rings is 2. The second kappa shape index (κ2) is 10.4. The maximum Gasteiger partial charge on any atom is 0.269 e. The van der Waals surface area contributed by atoms with E-state index in [4.69, 9.17) is 0 Å². The molecule has 0 aliphatic carbocycles. The highest BCUT2D eigenvalue weighted by molar-refractivity contribution is 7.09. The van der Waals surface area contributed by atoms with E-state index in [2.05, 4.69) is 15.6 Å². The maximum atomic E-state index is 12.0. The van der Waals surface area contributed by atoms with Crippen LogP contribution in [0.5, 0.6) is 0 Å². The molecule has 0 aliphatic rings. The summed E-state index contributed by atoms with van der Waals surface area (Å²) in [5.74, 6) is -0.531. The number of rotatable bonds is 9. The van der Waals surface area contributed by atoms with Gasteiger partial charge < -0.3 is 10.6 Å². The van der Waals surface area contributed by atoms with Crippen molar-refractivity contribution in [1.29, 1.82) is 0 Å². The maximum absolute atomic E-state index is 12.0. The summed E-state index contributed by atoms with van der Waals surface area (Å²) < 4.78 is 0. The van der Waals surface area contributed by atoms with Crippen LogP contribution in [0.3, 0.4) is 0 Å². The number of hydrogen-bond acceptors (Lipinski definition) is 6. The van der Waals surface area contributed by atoms with Crippen LogP contribution in [0.4, 0.5) is 5.69 Å². The topological polar surface area (TPSA) is 114 Å². The molecule has 0 unspecified atom stereocenters. The van der Waals surface area contributed by atoms with E-state index in [0.717, 1.165) is 21.8 Å². The van der Waals surface area contributed by atoms with Gasteiger partial charge in [-0.1, -0.05) is 24.3 Å². The fourth-order valence-corrected chi connectivity index (χ4v) is 3.52. The van der Waals surface area contributed by atoms with Gasteiger partial charge in [-0.2, -0.15) is 0 Å². The third-order valence-corrected chi connectivity index (χ3v) is 5.36. The van der Waals surface area contributed by atoms with Crippen LogP contribution in [0.25, 0.3) is 11.3 Å². The Morgan fingerprint density at radius 2 is 1.74 bits per heavy atom. The van der Waals surface area contributed by atoms with Crippen LogP contribution in [-0.4, -0.2) is 34.8 Å². The van der Waals surface area contributed by atoms with E-state index in [9.17, 15) is 19.7 Å². The number of thiazole rings is 1. The lowest BCUT2D eigenvalue weighted by Gasteiger charge is -2.07. The molecule has 2 aromatic carbocycles. The SMILES string of the molecule is Cc1nc(-c2ccc(CCNC(=O)CCNC(=O)c3ccc([N+](=O)[O-])cc3)cc2)cs1. The van der Waals surface area contributed by atoms with Gasteiger partial charge >= 0.3 is 0 Å². The number of aromatic nitrogens is 1. The Bertz CT molecular complexity index is 1060. The Morgan fingerprint density at radius 1 is 1.03 bits per heavy atom. The molecular weight excluding hydrogens is 416 g/mol. The Hall–Kier alpha value is -3.59. The van der Waals surface area contributed by atoms with E-state index in [1.807, 2.05) is 36.6 Å². The number of hydrogen-bond donors (Lipinski definition) is 2. The van der Waals surface area contributed by atoms with Gasteiger partial charge in [0.25, 0.3) is 11.6 Å². The average molecular weight is 439 g/mol. The Morgan fingerprint density at radius 3 is 2.35 bits per heavy atom. The molecule has 3 rings (SSSR count). The third-order valence-electron chi connectivity index (χ3n) is 4.58. The molecule has 8 nitrogen and oxygen atoms in total. The van der Waals surface area contributed by atoms with Crippen LogP contribution in [0.1, 0.15) is 27.3 Å². The fourth-order valence-electron chi connectivity index (χ4n) is 2.90. The molecule has 9 heteroatoms. The van der Waals surface area contributed by atoms with Crippen molar-refractivity contribution in [2.24, 2.45) is 0 Å². The molecule has 3 aromatic rings. The zero-order valence-corrected chi connectivity index (χ0v) is 17.8. The number of aryl methyl sites for hydroxylation is 1. The van der Waals surface area contributed by atoms with E-state index in [0.29, 0.717) is 18.5 Å². The van der Waals surface area contributed by atoms with E-state index in [1.165, 1.54) is 24.3 Å². The van der Waals surface area contributed by atoms with Crippen molar-refractivity contribution in [1.82, 2.24) is 15.6 Å². The predicted octanol–water partition coefficient (Wildman–Crippen LogP) is 3.51. The molecule has 0 bridgehead atoms. The molecule has 2 N–H and O–H groups in total. The lowest BCUT2D eigenvalue weighted by molar-refractivity contribution is -0.384. The summed E-state index contributed by atoms with van der Waals surface area (Å²) in [4.78, 5) is 38.6. The third kappa shape index (κ3) is 6.45. The minimum atomic E-state index is -0.526. The number of nitro groups is 1. The van der Waals surface area contributed by atoms with Crippen LogP contribution >= 0.6 is 11.3 Å². The fraction of sp³-hybridized carbons (Fsp3) is 0.227. The number of non-ortho nitro benzene ring substituents is 1. The largest absolute Gasteiger partial charge is 0.356 e. The van der Waals surface area contributed by atoms with Crippen molar-refractivity contribution in [3.63, 3.8) is 0 Å². The van der Waals surface area contributed by atoms with Crippen molar-refractivity contribution in [2.75, 3.05) is 13.1 Å². The van der Waals surface area contributed by atoms with E-state index in [-0.39, 0.29) is 30.5 Å². The molecule has 0 fully saturated rings. The quantitative estimate of drug-likeness (QED) is 0.392. The van der Waals surface area contributed by atoms with Crippen LogP contribution in [0, 0.1) is 17.0 Å². The van der Waals surface area contributed by atoms with Gasteiger partial charge in [-0.25, -0.2) is 4.98 Å². The van der Waals surface area contributed by atoms with Crippen molar-refractivity contribution in [3.05, 3.63) is 80.2 Å². The van der Waals surface area contributed by atoms with Gasteiger partial charge in [0.1, 0.15) is 0 Å². The first kappa shape index (κ1) is 22.1. The Kier molecular flexibility index (Phi) is 7.45. The van der Waals surface area contributed by atoms with Crippen LogP contribution < -0.4 is 10.6 Å². The van der Waals surface area contributed by atoms with Gasteiger partial charge in [0.15, 0.2) is 0 Å². The Labute approximate surface area is 183 Å².